The lowest BCUT2D eigenvalue weighted by Crippen LogP contribution is -2.29. The summed E-state index contributed by atoms with van der Waals surface area (Å²) in [6.45, 7) is 6.85. The molecule has 6 nitrogen and oxygen atoms in total. The molecule has 1 aliphatic heterocycles. The van der Waals surface area contributed by atoms with E-state index < -0.39 is 0 Å². The minimum Gasteiger partial charge on any atom is -0.456 e. The van der Waals surface area contributed by atoms with Crippen LogP contribution in [0, 0.1) is 6.92 Å². The second-order valence-electron chi connectivity index (χ2n) is 4.55. The average Bonchev–Trinajstić information content (AvgIpc) is 2.58. The lowest BCUT2D eigenvalue weighted by molar-refractivity contribution is 0.0924. The van der Waals surface area contributed by atoms with Crippen molar-refractivity contribution < 1.29 is 9.21 Å². The van der Waals surface area contributed by atoms with Gasteiger partial charge in [0, 0.05) is 25.2 Å². The van der Waals surface area contributed by atoms with Crippen LogP contribution in [0.2, 0.25) is 0 Å². The van der Waals surface area contributed by atoms with Crippen molar-refractivity contribution in [2.75, 3.05) is 26.2 Å². The fourth-order valence-electron chi connectivity index (χ4n) is 2.16. The predicted octanol–water partition coefficient (Wildman–Crippen LogP) is -0.0132. The molecule has 0 aliphatic carbocycles. The highest BCUT2D eigenvalue weighted by atomic mass is 16.4. The Bertz CT molecular complexity index is 408. The predicted molar refractivity (Wildman–Crippen MR) is 67.9 cm³/mol. The molecular formula is C12H20N4O2. The Hall–Kier alpha value is -1.37. The van der Waals surface area contributed by atoms with E-state index in [4.69, 9.17) is 10.3 Å². The second kappa shape index (κ2) is 5.99. The summed E-state index contributed by atoms with van der Waals surface area (Å²) in [6.07, 6.45) is 1.15. The van der Waals surface area contributed by atoms with Crippen molar-refractivity contribution in [3.8, 4) is 0 Å². The zero-order valence-electron chi connectivity index (χ0n) is 10.7. The molecule has 0 unspecified atom stereocenters. The largest absolute Gasteiger partial charge is 0.456 e. The lowest BCUT2D eigenvalue weighted by atomic mass is 10.2. The molecule has 4 N–H and O–H groups in total. The minimum atomic E-state index is -0.387. The summed E-state index contributed by atoms with van der Waals surface area (Å²) in [6, 6.07) is 1.77. The number of nitrogens with two attached hydrogens (primary N) is 1. The Morgan fingerprint density at radius 2 is 2.39 bits per heavy atom. The number of nitrogens with one attached hydrogen (secondary N) is 2. The highest BCUT2D eigenvalue weighted by Gasteiger charge is 2.16. The van der Waals surface area contributed by atoms with Crippen molar-refractivity contribution in [2.45, 2.75) is 19.9 Å². The van der Waals surface area contributed by atoms with Crippen LogP contribution in [0.25, 0.3) is 0 Å². The first kappa shape index (κ1) is 13.1. The molecule has 0 bridgehead atoms. The first-order valence-electron chi connectivity index (χ1n) is 6.24. The summed E-state index contributed by atoms with van der Waals surface area (Å²) in [5.74, 6) is 5.76. The van der Waals surface area contributed by atoms with Gasteiger partial charge < -0.3 is 9.73 Å². The zero-order valence-corrected chi connectivity index (χ0v) is 10.7. The van der Waals surface area contributed by atoms with Crippen molar-refractivity contribution in [3.63, 3.8) is 0 Å². The molecule has 1 aliphatic rings. The van der Waals surface area contributed by atoms with Gasteiger partial charge >= 0.3 is 5.91 Å². The zero-order chi connectivity index (χ0) is 13.0. The number of nitrogens with zero attached hydrogens (tertiary/aromatic N) is 1. The summed E-state index contributed by atoms with van der Waals surface area (Å²) in [5, 5.41) is 3.36. The number of carbonyl (C=O) groups excluding carboxylic acids is 1. The van der Waals surface area contributed by atoms with Crippen LogP contribution < -0.4 is 16.6 Å². The highest BCUT2D eigenvalue weighted by molar-refractivity contribution is 5.91. The molecule has 18 heavy (non-hydrogen) atoms. The maximum atomic E-state index is 11.4. The molecule has 2 heterocycles. The Morgan fingerprint density at radius 1 is 1.56 bits per heavy atom. The van der Waals surface area contributed by atoms with Crippen LogP contribution in [0.5, 0.6) is 0 Å². The van der Waals surface area contributed by atoms with Gasteiger partial charge in [-0.15, -0.1) is 0 Å². The molecule has 0 radical (unpaired) electrons. The summed E-state index contributed by atoms with van der Waals surface area (Å²) >= 11 is 0. The quantitative estimate of drug-likeness (QED) is 0.400. The van der Waals surface area contributed by atoms with Gasteiger partial charge in [-0.05, 0) is 32.5 Å². The maximum Gasteiger partial charge on any atom is 0.300 e. The number of carbonyl (C=O) groups is 1. The van der Waals surface area contributed by atoms with Gasteiger partial charge in [-0.1, -0.05) is 0 Å². The van der Waals surface area contributed by atoms with E-state index in [1.807, 2.05) is 6.92 Å². The highest BCUT2D eigenvalue weighted by Crippen LogP contribution is 2.17. The summed E-state index contributed by atoms with van der Waals surface area (Å²) in [7, 11) is 0. The summed E-state index contributed by atoms with van der Waals surface area (Å²) in [5.41, 5.74) is 3.13. The fraction of sp³-hybridized carbons (Fsp3) is 0.583. The van der Waals surface area contributed by atoms with Crippen molar-refractivity contribution in [3.05, 3.63) is 23.2 Å². The van der Waals surface area contributed by atoms with Crippen LogP contribution in [0.3, 0.4) is 0 Å². The molecule has 1 saturated heterocycles. The number of hydrazine groups is 1. The van der Waals surface area contributed by atoms with Crippen LogP contribution in [-0.2, 0) is 6.54 Å². The van der Waals surface area contributed by atoms with Gasteiger partial charge in [-0.2, -0.15) is 0 Å². The number of nitrogen functional groups attached to an aromatic ring is 1. The standard InChI is InChI=1S/C12H20N4O2/c1-9-10(7-11(18-9)12(17)15-13)8-16-5-2-3-14-4-6-16/h7,14H,2-6,8,13H2,1H3,(H,15,17). The molecule has 1 fully saturated rings. The molecule has 0 saturated carbocycles. The fourth-order valence-corrected chi connectivity index (χ4v) is 2.16. The van der Waals surface area contributed by atoms with E-state index in [0.717, 1.165) is 50.5 Å². The number of hydrogen-bond acceptors (Lipinski definition) is 5. The third-order valence-corrected chi connectivity index (χ3v) is 3.20. The molecule has 0 aromatic carbocycles. The third-order valence-electron chi connectivity index (χ3n) is 3.20. The SMILES string of the molecule is Cc1oc(C(=O)NN)cc1CN1CCCNCC1. The second-order valence-corrected chi connectivity index (χ2v) is 4.55. The molecule has 0 atom stereocenters. The van der Waals surface area contributed by atoms with Crippen LogP contribution in [-0.4, -0.2) is 37.0 Å². The molecule has 1 aromatic rings. The Balaban J connectivity index is 2.03. The molecule has 6 heteroatoms. The van der Waals surface area contributed by atoms with Crippen molar-refractivity contribution in [2.24, 2.45) is 5.84 Å². The maximum absolute atomic E-state index is 11.4. The first-order chi connectivity index (χ1) is 8.70. The van der Waals surface area contributed by atoms with E-state index in [0.29, 0.717) is 0 Å². The van der Waals surface area contributed by atoms with Gasteiger partial charge in [-0.25, -0.2) is 5.84 Å². The topological polar surface area (TPSA) is 83.5 Å². The Kier molecular flexibility index (Phi) is 4.35. The lowest BCUT2D eigenvalue weighted by Gasteiger charge is -2.18. The number of amides is 1. The summed E-state index contributed by atoms with van der Waals surface area (Å²) < 4.78 is 5.41. The van der Waals surface area contributed by atoms with Crippen molar-refractivity contribution in [1.82, 2.24) is 15.6 Å². The smallest absolute Gasteiger partial charge is 0.300 e. The van der Waals surface area contributed by atoms with E-state index in [1.165, 1.54) is 0 Å². The Morgan fingerprint density at radius 3 is 3.17 bits per heavy atom. The Labute approximate surface area is 106 Å². The molecule has 1 aromatic heterocycles. The summed E-state index contributed by atoms with van der Waals surface area (Å²) in [4.78, 5) is 13.7. The van der Waals surface area contributed by atoms with E-state index in [9.17, 15) is 4.79 Å². The van der Waals surface area contributed by atoms with Crippen LogP contribution in [0.4, 0.5) is 0 Å². The van der Waals surface area contributed by atoms with Gasteiger partial charge in [0.05, 0.1) is 0 Å². The molecule has 1 amide bonds. The van der Waals surface area contributed by atoms with Crippen LogP contribution in [0.1, 0.15) is 28.3 Å². The molecule has 0 spiro atoms. The average molecular weight is 252 g/mol. The van der Waals surface area contributed by atoms with Crippen molar-refractivity contribution >= 4 is 5.91 Å². The van der Waals surface area contributed by atoms with Crippen LogP contribution >= 0.6 is 0 Å². The number of aryl methyl sites for hydroxylation is 1. The molecule has 100 valence electrons. The van der Waals surface area contributed by atoms with Gasteiger partial charge in [0.25, 0.3) is 0 Å². The van der Waals surface area contributed by atoms with Gasteiger partial charge in [-0.3, -0.25) is 15.1 Å². The van der Waals surface area contributed by atoms with E-state index in [2.05, 4.69) is 15.6 Å². The molecule has 2 rings (SSSR count). The van der Waals surface area contributed by atoms with Crippen LogP contribution in [0.15, 0.2) is 10.5 Å². The van der Waals surface area contributed by atoms with E-state index in [1.54, 1.807) is 6.07 Å². The minimum absolute atomic E-state index is 0.276. The number of rotatable bonds is 3. The van der Waals surface area contributed by atoms with E-state index in [-0.39, 0.29) is 11.7 Å². The van der Waals surface area contributed by atoms with Gasteiger partial charge in [0.2, 0.25) is 0 Å². The van der Waals surface area contributed by atoms with Gasteiger partial charge in [0.15, 0.2) is 5.76 Å². The van der Waals surface area contributed by atoms with Crippen molar-refractivity contribution in [1.29, 1.82) is 0 Å². The normalized spacial score (nSPS) is 17.4. The monoisotopic (exact) mass is 252 g/mol. The van der Waals surface area contributed by atoms with E-state index >= 15 is 0 Å². The number of hydrogen-bond donors (Lipinski definition) is 3. The van der Waals surface area contributed by atoms with Gasteiger partial charge in [0.1, 0.15) is 5.76 Å². The number of furan rings is 1. The first-order valence-corrected chi connectivity index (χ1v) is 6.24. The third kappa shape index (κ3) is 3.10. The molecular weight excluding hydrogens is 232 g/mol.